The lowest BCUT2D eigenvalue weighted by Gasteiger charge is -2.36. The van der Waals surface area contributed by atoms with Gasteiger partial charge in [0, 0.05) is 60.4 Å². The molecule has 3 heterocycles. The maximum absolute atomic E-state index is 7.15. The van der Waals surface area contributed by atoms with E-state index in [1.54, 1.807) is 0 Å². The second-order valence-electron chi connectivity index (χ2n) is 28.9. The first-order valence-electron chi connectivity index (χ1n) is 35.3. The van der Waals surface area contributed by atoms with Gasteiger partial charge in [-0.25, -0.2) is 4.98 Å². The van der Waals surface area contributed by atoms with Crippen LogP contribution < -0.4 is 4.90 Å². The van der Waals surface area contributed by atoms with Gasteiger partial charge in [-0.1, -0.05) is 270 Å². The Morgan fingerprint density at radius 2 is 0.863 bits per heavy atom. The van der Waals surface area contributed by atoms with Gasteiger partial charge >= 0.3 is 0 Å². The molecule has 0 unspecified atom stereocenters. The van der Waals surface area contributed by atoms with E-state index in [1.807, 2.05) is 42.5 Å². The first kappa shape index (κ1) is 58.3. The second-order valence-corrected chi connectivity index (χ2v) is 28.9. The third-order valence-electron chi connectivity index (χ3n) is 23.1. The summed E-state index contributed by atoms with van der Waals surface area (Å²) in [4.78, 5) is 19.0. The van der Waals surface area contributed by atoms with Crippen LogP contribution in [-0.2, 0) is 21.7 Å². The van der Waals surface area contributed by atoms with Gasteiger partial charge in [-0.15, -0.1) is 5.73 Å². The number of benzene rings is 13. The third kappa shape index (κ3) is 7.82. The molecule has 0 N–H and O–H groups in total. The fourth-order valence-electron chi connectivity index (χ4n) is 18.8. The monoisotopic (exact) mass is 1300 g/mol. The van der Waals surface area contributed by atoms with Crippen LogP contribution >= 0.6 is 0 Å². The molecule has 0 fully saturated rings. The van der Waals surface area contributed by atoms with E-state index in [4.69, 9.17) is 23.8 Å². The molecule has 102 heavy (non-hydrogen) atoms. The van der Waals surface area contributed by atoms with Crippen LogP contribution in [0.1, 0.15) is 100 Å². The number of hydrogen-bond donors (Lipinski definition) is 0. The molecule has 0 spiro atoms. The minimum absolute atomic E-state index is 0.335. The van der Waals surface area contributed by atoms with E-state index >= 15 is 0 Å². The number of furan rings is 2. The van der Waals surface area contributed by atoms with Crippen molar-refractivity contribution in [3.05, 3.63) is 394 Å². The number of rotatable bonds is 9. The Hall–Kier alpha value is -12.7. The molecule has 5 aliphatic rings. The van der Waals surface area contributed by atoms with Gasteiger partial charge < -0.3 is 8.83 Å². The standard InChI is InChI=1S/C96H64N4O2/c1-93(2)73-45-27-24-42-67(73)86-88(93)87-84(85-70-44-26-29-47-80(70)102-89(85)86)68-51-49-64(54-75(68)94(87,3)4)100(92-98-90(58-30-12-5-6-13-31-58)97-91(99-92)59-32-14-7-15-33-59)65-48-50-66-71-56-78-72(57-77(71)96(76(66)55-65,62-38-20-10-21-39-62)63-40-22-11-23-41-63)82-74(52-53-81-83(82)69-43-25-28-46-79(69)101-81)95(78,60-34-16-8-17-35-60)61-36-18-9-19-37-61/h5,7-57H,1-4H3. The zero-order chi connectivity index (χ0) is 67.8. The minimum atomic E-state index is -0.874. The SMILES string of the molecule is CC1(C)c2ccccc2-c2c1c1c(c3c2oc2ccccc23)-c2ccc(N(c3ccc4c(c3)C(c3ccccc3)(c3ccccc3)c3cc5c(cc3-4)C(c3ccccc3)(c3ccccc3)c3ccc4oc6ccccc6c4c3-5)c3nc(C4=CC=C=CC=C4)nc(-c4ccccc4)n3)cc2C1(C)C. The highest BCUT2D eigenvalue weighted by atomic mass is 16.3. The van der Waals surface area contributed by atoms with Gasteiger partial charge in [0.1, 0.15) is 22.3 Å². The molecule has 0 saturated heterocycles. The number of hydrogen-bond acceptors (Lipinski definition) is 6. The van der Waals surface area contributed by atoms with Crippen molar-refractivity contribution in [2.45, 2.75) is 49.4 Å². The van der Waals surface area contributed by atoms with E-state index in [2.05, 4.69) is 311 Å². The average molecular weight is 1310 g/mol. The first-order chi connectivity index (χ1) is 50.1. The highest BCUT2D eigenvalue weighted by Crippen LogP contribution is 2.67. The summed E-state index contributed by atoms with van der Waals surface area (Å²) in [6.45, 7) is 9.67. The maximum Gasteiger partial charge on any atom is 0.238 e. The molecule has 0 atom stereocenters. The van der Waals surface area contributed by atoms with Gasteiger partial charge in [0.15, 0.2) is 11.6 Å². The van der Waals surface area contributed by atoms with Gasteiger partial charge in [0.25, 0.3) is 0 Å². The lowest BCUT2D eigenvalue weighted by molar-refractivity contribution is 0.600. The van der Waals surface area contributed by atoms with E-state index in [1.165, 1.54) is 89.0 Å². The molecular formula is C96H64N4O2. The van der Waals surface area contributed by atoms with Crippen LogP contribution in [0.25, 0.3) is 105 Å². The average Bonchev–Trinajstić information content (AvgIpc) is 1.51. The van der Waals surface area contributed by atoms with E-state index in [0.717, 1.165) is 88.6 Å². The molecule has 0 radical (unpaired) electrons. The van der Waals surface area contributed by atoms with Gasteiger partial charge in [-0.05, 0) is 179 Å². The van der Waals surface area contributed by atoms with Crippen molar-refractivity contribution in [3.8, 4) is 55.9 Å². The molecule has 0 saturated carbocycles. The van der Waals surface area contributed by atoms with Crippen molar-refractivity contribution >= 4 is 66.8 Å². The summed E-state index contributed by atoms with van der Waals surface area (Å²) in [5.74, 6) is 1.58. The zero-order valence-corrected chi connectivity index (χ0v) is 56.6. The fourth-order valence-corrected chi connectivity index (χ4v) is 18.8. The Morgan fingerprint density at radius 1 is 0.353 bits per heavy atom. The highest BCUT2D eigenvalue weighted by molar-refractivity contribution is 6.21. The number of para-hydroxylation sites is 2. The topological polar surface area (TPSA) is 68.2 Å². The summed E-state index contributed by atoms with van der Waals surface area (Å²) < 4.78 is 14.0. The largest absolute Gasteiger partial charge is 0.456 e. The molecule has 0 bridgehead atoms. The lowest BCUT2D eigenvalue weighted by atomic mass is 9.66. The predicted octanol–water partition coefficient (Wildman–Crippen LogP) is 23.8. The van der Waals surface area contributed by atoms with E-state index in [9.17, 15) is 0 Å². The number of anilines is 3. The van der Waals surface area contributed by atoms with Crippen molar-refractivity contribution in [1.82, 2.24) is 15.0 Å². The molecule has 0 aliphatic heterocycles. The molecular weight excluding hydrogens is 1240 g/mol. The fraction of sp³-hybridized carbons (Fsp3) is 0.0833. The molecule has 5 aliphatic carbocycles. The zero-order valence-electron chi connectivity index (χ0n) is 56.6. The van der Waals surface area contributed by atoms with Gasteiger partial charge in [-0.2, -0.15) is 9.97 Å². The smallest absolute Gasteiger partial charge is 0.238 e. The van der Waals surface area contributed by atoms with Crippen LogP contribution in [0.5, 0.6) is 0 Å². The Balaban J connectivity index is 0.862. The van der Waals surface area contributed by atoms with Crippen LogP contribution in [0.4, 0.5) is 17.3 Å². The van der Waals surface area contributed by atoms with Crippen LogP contribution in [0.15, 0.2) is 330 Å². The highest BCUT2D eigenvalue weighted by Gasteiger charge is 2.54. The molecule has 16 aromatic rings. The van der Waals surface area contributed by atoms with Gasteiger partial charge in [-0.3, -0.25) is 4.90 Å². The van der Waals surface area contributed by atoms with Crippen LogP contribution in [0.3, 0.4) is 0 Å². The summed E-state index contributed by atoms with van der Waals surface area (Å²) in [5.41, 5.74) is 32.1. The van der Waals surface area contributed by atoms with Crippen molar-refractivity contribution < 1.29 is 8.83 Å². The molecule has 3 aromatic heterocycles. The van der Waals surface area contributed by atoms with Crippen LogP contribution in [0, 0.1) is 0 Å². The number of aromatic nitrogens is 3. The number of fused-ring (bicyclic) bond motifs is 22. The lowest BCUT2D eigenvalue weighted by Crippen LogP contribution is -2.30. The minimum Gasteiger partial charge on any atom is -0.456 e. The molecule has 21 rings (SSSR count). The van der Waals surface area contributed by atoms with Crippen LogP contribution in [-0.4, -0.2) is 15.0 Å². The van der Waals surface area contributed by atoms with E-state index in [-0.39, 0.29) is 5.41 Å². The summed E-state index contributed by atoms with van der Waals surface area (Å²) in [6, 6.07) is 105. The molecule has 13 aromatic carbocycles. The molecule has 6 heteroatoms. The third-order valence-corrected chi connectivity index (χ3v) is 23.1. The van der Waals surface area contributed by atoms with E-state index < -0.39 is 16.2 Å². The Labute approximate surface area is 590 Å². The number of nitrogens with zero attached hydrogens (tertiary/aromatic N) is 4. The Kier molecular flexibility index (Phi) is 12.2. The second kappa shape index (κ2) is 21.4. The summed E-state index contributed by atoms with van der Waals surface area (Å²) in [5, 5.41) is 4.48. The first-order valence-corrected chi connectivity index (χ1v) is 35.3. The predicted molar refractivity (Wildman–Crippen MR) is 414 cm³/mol. The maximum atomic E-state index is 7.15. The Morgan fingerprint density at radius 3 is 1.54 bits per heavy atom. The van der Waals surface area contributed by atoms with Gasteiger partial charge in [0.2, 0.25) is 5.95 Å². The molecule has 6 nitrogen and oxygen atoms in total. The molecule has 480 valence electrons. The van der Waals surface area contributed by atoms with E-state index in [0.29, 0.717) is 17.6 Å². The Bertz CT molecular complexity index is 6330. The summed E-state index contributed by atoms with van der Waals surface area (Å²) in [6.07, 6.45) is 9.94. The van der Waals surface area contributed by atoms with Crippen molar-refractivity contribution in [3.63, 3.8) is 0 Å². The van der Waals surface area contributed by atoms with Crippen molar-refractivity contribution in [2.75, 3.05) is 4.90 Å². The normalized spacial score (nSPS) is 15.4. The van der Waals surface area contributed by atoms with Gasteiger partial charge in [0.05, 0.1) is 10.8 Å². The van der Waals surface area contributed by atoms with Crippen LogP contribution in [0.2, 0.25) is 0 Å². The van der Waals surface area contributed by atoms with Crippen molar-refractivity contribution in [2.24, 2.45) is 0 Å². The quantitative estimate of drug-likeness (QED) is 0.134. The summed E-state index contributed by atoms with van der Waals surface area (Å²) in [7, 11) is 0. The van der Waals surface area contributed by atoms with Crippen molar-refractivity contribution in [1.29, 1.82) is 0 Å². The number of allylic oxidation sites excluding steroid dienone is 5. The summed E-state index contributed by atoms with van der Waals surface area (Å²) >= 11 is 0. The molecule has 0 amide bonds.